The number of ether oxygens (including phenoxy) is 2. The van der Waals surface area contributed by atoms with E-state index in [4.69, 9.17) is 15.2 Å². The zero-order valence-corrected chi connectivity index (χ0v) is 11.7. The number of methoxy groups -OCH3 is 2. The molecule has 0 aliphatic heterocycles. The van der Waals surface area contributed by atoms with E-state index in [0.29, 0.717) is 5.82 Å². The molecule has 2 rings (SSSR count). The van der Waals surface area contributed by atoms with E-state index in [1.54, 1.807) is 18.9 Å². The van der Waals surface area contributed by atoms with Gasteiger partial charge >= 0.3 is 0 Å². The van der Waals surface area contributed by atoms with Crippen molar-refractivity contribution in [1.29, 1.82) is 0 Å². The molecule has 102 valence electrons. The highest BCUT2D eigenvalue weighted by Gasteiger charge is 2.21. The third kappa shape index (κ3) is 2.12. The van der Waals surface area contributed by atoms with Gasteiger partial charge in [-0.05, 0) is 18.6 Å². The highest BCUT2D eigenvalue weighted by atomic mass is 16.5. The summed E-state index contributed by atoms with van der Waals surface area (Å²) in [7, 11) is 5.10. The van der Waals surface area contributed by atoms with Crippen LogP contribution in [0.15, 0.2) is 18.2 Å². The second-order valence-corrected chi connectivity index (χ2v) is 4.23. The van der Waals surface area contributed by atoms with E-state index in [1.165, 1.54) is 0 Å². The third-order valence-electron chi connectivity index (χ3n) is 3.21. The molecule has 2 aromatic rings. The second kappa shape index (κ2) is 5.22. The predicted octanol–water partition coefficient (Wildman–Crippen LogP) is 2.25. The molecule has 0 saturated heterocycles. The molecule has 1 aromatic carbocycles. The highest BCUT2D eigenvalue weighted by molar-refractivity contribution is 5.79. The van der Waals surface area contributed by atoms with Crippen LogP contribution in [0, 0.1) is 0 Å². The first-order valence-corrected chi connectivity index (χ1v) is 6.16. The number of nitrogens with two attached hydrogens (primary N) is 1. The van der Waals surface area contributed by atoms with Crippen LogP contribution in [0.2, 0.25) is 0 Å². The average Bonchev–Trinajstić information content (AvgIpc) is 2.72. The summed E-state index contributed by atoms with van der Waals surface area (Å²) in [6, 6.07) is 5.67. The van der Waals surface area contributed by atoms with Crippen LogP contribution < -0.4 is 15.2 Å². The van der Waals surface area contributed by atoms with Crippen molar-refractivity contribution in [3.63, 3.8) is 0 Å². The van der Waals surface area contributed by atoms with Gasteiger partial charge in [0.2, 0.25) is 0 Å². The SMILES string of the molecule is CCc1c(-c2c(OC)cccc2OC)nn(C)c1N. The lowest BCUT2D eigenvalue weighted by Gasteiger charge is -2.12. The number of aryl methyl sites for hydroxylation is 1. The molecule has 0 spiro atoms. The minimum Gasteiger partial charge on any atom is -0.496 e. The van der Waals surface area contributed by atoms with E-state index < -0.39 is 0 Å². The van der Waals surface area contributed by atoms with Crippen molar-refractivity contribution in [2.24, 2.45) is 7.05 Å². The van der Waals surface area contributed by atoms with Gasteiger partial charge in [0.05, 0.1) is 19.8 Å². The fourth-order valence-electron chi connectivity index (χ4n) is 2.21. The van der Waals surface area contributed by atoms with E-state index in [-0.39, 0.29) is 0 Å². The number of nitrogen functional groups attached to an aromatic ring is 1. The van der Waals surface area contributed by atoms with Crippen LogP contribution >= 0.6 is 0 Å². The minimum absolute atomic E-state index is 0.672. The van der Waals surface area contributed by atoms with Gasteiger partial charge in [0, 0.05) is 12.6 Å². The molecule has 5 heteroatoms. The molecular formula is C14H19N3O2. The summed E-state index contributed by atoms with van der Waals surface area (Å²) < 4.78 is 12.5. The highest BCUT2D eigenvalue weighted by Crippen LogP contribution is 2.40. The van der Waals surface area contributed by atoms with Gasteiger partial charge in [0.25, 0.3) is 0 Å². The van der Waals surface area contributed by atoms with Crippen LogP contribution in [0.5, 0.6) is 11.5 Å². The number of anilines is 1. The van der Waals surface area contributed by atoms with Gasteiger partial charge < -0.3 is 15.2 Å². The van der Waals surface area contributed by atoms with Crippen molar-refractivity contribution in [3.05, 3.63) is 23.8 Å². The fraction of sp³-hybridized carbons (Fsp3) is 0.357. The van der Waals surface area contributed by atoms with E-state index in [0.717, 1.165) is 34.7 Å². The Morgan fingerprint density at radius 1 is 1.21 bits per heavy atom. The van der Waals surface area contributed by atoms with Crippen molar-refractivity contribution < 1.29 is 9.47 Å². The number of rotatable bonds is 4. The maximum Gasteiger partial charge on any atom is 0.132 e. The Bertz CT molecular complexity index is 568. The standard InChI is InChI=1S/C14H19N3O2/c1-5-9-13(16-17(2)14(9)15)12-10(18-3)7-6-8-11(12)19-4/h6-8H,5,15H2,1-4H3. The first-order valence-electron chi connectivity index (χ1n) is 6.16. The Kier molecular flexibility index (Phi) is 3.64. The molecule has 0 atom stereocenters. The predicted molar refractivity (Wildman–Crippen MR) is 75.5 cm³/mol. The molecule has 2 N–H and O–H groups in total. The van der Waals surface area contributed by atoms with Crippen LogP contribution in [0.1, 0.15) is 12.5 Å². The maximum atomic E-state index is 6.05. The van der Waals surface area contributed by atoms with Gasteiger partial charge in [-0.15, -0.1) is 0 Å². The van der Waals surface area contributed by atoms with E-state index in [2.05, 4.69) is 12.0 Å². The molecule has 0 aliphatic rings. The molecule has 5 nitrogen and oxygen atoms in total. The molecule has 0 aliphatic carbocycles. The van der Waals surface area contributed by atoms with Crippen LogP contribution in [-0.4, -0.2) is 24.0 Å². The van der Waals surface area contributed by atoms with E-state index in [9.17, 15) is 0 Å². The lowest BCUT2D eigenvalue weighted by Crippen LogP contribution is -1.98. The molecule has 0 fully saturated rings. The average molecular weight is 261 g/mol. The van der Waals surface area contributed by atoms with Crippen molar-refractivity contribution in [1.82, 2.24) is 9.78 Å². The normalized spacial score (nSPS) is 10.5. The summed E-state index contributed by atoms with van der Waals surface area (Å²) in [6.07, 6.45) is 0.802. The largest absolute Gasteiger partial charge is 0.496 e. The number of hydrogen-bond donors (Lipinski definition) is 1. The summed E-state index contributed by atoms with van der Waals surface area (Å²) >= 11 is 0. The van der Waals surface area contributed by atoms with Crippen molar-refractivity contribution >= 4 is 5.82 Å². The number of hydrogen-bond acceptors (Lipinski definition) is 4. The van der Waals surface area contributed by atoms with E-state index in [1.807, 2.05) is 25.2 Å². The Hall–Kier alpha value is -2.17. The second-order valence-electron chi connectivity index (χ2n) is 4.23. The molecule has 1 aromatic heterocycles. The first-order chi connectivity index (χ1) is 9.13. The minimum atomic E-state index is 0.672. The molecule has 19 heavy (non-hydrogen) atoms. The van der Waals surface area contributed by atoms with E-state index >= 15 is 0 Å². The molecule has 0 unspecified atom stereocenters. The zero-order valence-electron chi connectivity index (χ0n) is 11.7. The Morgan fingerprint density at radius 3 is 2.26 bits per heavy atom. The van der Waals surface area contributed by atoms with Crippen LogP contribution in [0.25, 0.3) is 11.3 Å². The summed E-state index contributed by atoms with van der Waals surface area (Å²) in [5, 5.41) is 4.50. The summed E-state index contributed by atoms with van der Waals surface area (Å²) in [4.78, 5) is 0. The zero-order chi connectivity index (χ0) is 14.0. The smallest absolute Gasteiger partial charge is 0.132 e. The number of aromatic nitrogens is 2. The van der Waals surface area contributed by atoms with Crippen LogP contribution in [0.3, 0.4) is 0 Å². The molecular weight excluding hydrogens is 242 g/mol. The molecule has 0 amide bonds. The summed E-state index contributed by atoms with van der Waals surface area (Å²) in [6.45, 7) is 2.05. The van der Waals surface area contributed by atoms with Gasteiger partial charge in [-0.3, -0.25) is 4.68 Å². The van der Waals surface area contributed by atoms with Crippen molar-refractivity contribution in [2.75, 3.05) is 20.0 Å². The lowest BCUT2D eigenvalue weighted by atomic mass is 10.0. The molecule has 0 radical (unpaired) electrons. The Labute approximate surface area is 112 Å². The Morgan fingerprint density at radius 2 is 1.79 bits per heavy atom. The van der Waals surface area contributed by atoms with Crippen molar-refractivity contribution in [3.8, 4) is 22.8 Å². The number of nitrogens with zero attached hydrogens (tertiary/aromatic N) is 2. The van der Waals surface area contributed by atoms with Gasteiger partial charge in [-0.2, -0.15) is 5.10 Å². The molecule has 1 heterocycles. The van der Waals surface area contributed by atoms with Crippen LogP contribution in [0.4, 0.5) is 5.82 Å². The van der Waals surface area contributed by atoms with Gasteiger partial charge in [0.1, 0.15) is 23.0 Å². The topological polar surface area (TPSA) is 62.3 Å². The molecule has 0 bridgehead atoms. The third-order valence-corrected chi connectivity index (χ3v) is 3.21. The summed E-state index contributed by atoms with van der Waals surface area (Å²) in [5.74, 6) is 2.13. The number of benzene rings is 1. The lowest BCUT2D eigenvalue weighted by molar-refractivity contribution is 0.397. The van der Waals surface area contributed by atoms with Gasteiger partial charge in [-0.1, -0.05) is 13.0 Å². The molecule has 0 saturated carbocycles. The first kappa shape index (κ1) is 13.3. The quantitative estimate of drug-likeness (QED) is 0.917. The Balaban J connectivity index is 2.74. The monoisotopic (exact) mass is 261 g/mol. The summed E-state index contributed by atoms with van der Waals surface area (Å²) in [5.41, 5.74) is 8.72. The fourth-order valence-corrected chi connectivity index (χ4v) is 2.21. The van der Waals surface area contributed by atoms with Crippen molar-refractivity contribution in [2.45, 2.75) is 13.3 Å². The van der Waals surface area contributed by atoms with Gasteiger partial charge in [-0.25, -0.2) is 0 Å². The van der Waals surface area contributed by atoms with Crippen LogP contribution in [-0.2, 0) is 13.5 Å². The maximum absolute atomic E-state index is 6.05. The van der Waals surface area contributed by atoms with Gasteiger partial charge in [0.15, 0.2) is 0 Å².